The van der Waals surface area contributed by atoms with Crippen LogP contribution in [0.3, 0.4) is 0 Å². The zero-order chi connectivity index (χ0) is 24.9. The first-order valence-corrected chi connectivity index (χ1v) is 10.6. The van der Waals surface area contributed by atoms with Gasteiger partial charge in [-0.05, 0) is 55.0 Å². The average Bonchev–Trinajstić information content (AvgIpc) is 2.81. The lowest BCUT2D eigenvalue weighted by molar-refractivity contribution is -0.0583. The second-order valence-electron chi connectivity index (χ2n) is 7.19. The zero-order valence-electron chi connectivity index (χ0n) is 18.0. The molecule has 9 heteroatoms. The quantitative estimate of drug-likeness (QED) is 0.323. The molecular weight excluding hydrogens is 467 g/mol. The van der Waals surface area contributed by atoms with Gasteiger partial charge in [0.25, 0.3) is 5.91 Å². The fraction of sp³-hybridized carbons (Fsp3) is 0.120. The third-order valence-electron chi connectivity index (χ3n) is 4.91. The summed E-state index contributed by atoms with van der Waals surface area (Å²) in [4.78, 5) is 14.4. The molecule has 3 aromatic rings. The SMILES string of the molecule is CCN(C(=O)c1ccc(/C(=C/C(=N)C(F)(F)F)Nc2ccccc2Cl)cc1)c1ccccc1O. The predicted octanol–water partition coefficient (Wildman–Crippen LogP) is 6.75. The molecule has 0 fully saturated rings. The Morgan fingerprint density at radius 2 is 1.62 bits per heavy atom. The molecule has 0 saturated heterocycles. The third kappa shape index (κ3) is 5.77. The van der Waals surface area contributed by atoms with Gasteiger partial charge >= 0.3 is 6.18 Å². The van der Waals surface area contributed by atoms with Crippen molar-refractivity contribution in [1.82, 2.24) is 0 Å². The highest BCUT2D eigenvalue weighted by Gasteiger charge is 2.33. The number of phenolic OH excluding ortho intramolecular Hbond substituents is 1. The smallest absolute Gasteiger partial charge is 0.432 e. The van der Waals surface area contributed by atoms with Gasteiger partial charge in [0.1, 0.15) is 11.5 Å². The van der Waals surface area contributed by atoms with Crippen molar-refractivity contribution in [3.63, 3.8) is 0 Å². The van der Waals surface area contributed by atoms with E-state index in [1.54, 1.807) is 49.4 Å². The van der Waals surface area contributed by atoms with Gasteiger partial charge in [-0.15, -0.1) is 0 Å². The topological polar surface area (TPSA) is 76.4 Å². The van der Waals surface area contributed by atoms with E-state index in [4.69, 9.17) is 17.0 Å². The van der Waals surface area contributed by atoms with Crippen molar-refractivity contribution in [2.75, 3.05) is 16.8 Å². The van der Waals surface area contributed by atoms with Crippen molar-refractivity contribution in [3.05, 3.63) is 95.0 Å². The molecule has 0 aromatic heterocycles. The van der Waals surface area contributed by atoms with Crippen LogP contribution in [0.5, 0.6) is 5.75 Å². The molecule has 0 heterocycles. The number of hydrogen-bond acceptors (Lipinski definition) is 4. The van der Waals surface area contributed by atoms with Crippen LogP contribution in [0.2, 0.25) is 5.02 Å². The number of nitrogens with one attached hydrogen (secondary N) is 2. The van der Waals surface area contributed by atoms with Crippen molar-refractivity contribution in [3.8, 4) is 5.75 Å². The number of amides is 1. The van der Waals surface area contributed by atoms with Crippen LogP contribution in [0.1, 0.15) is 22.8 Å². The largest absolute Gasteiger partial charge is 0.506 e. The van der Waals surface area contributed by atoms with E-state index in [0.717, 1.165) is 0 Å². The minimum Gasteiger partial charge on any atom is -0.506 e. The molecule has 0 unspecified atom stereocenters. The number of alkyl halides is 3. The summed E-state index contributed by atoms with van der Waals surface area (Å²) < 4.78 is 39.1. The molecule has 0 spiro atoms. The number of nitrogens with zero attached hydrogens (tertiary/aromatic N) is 1. The van der Waals surface area contributed by atoms with E-state index >= 15 is 0 Å². The van der Waals surface area contributed by atoms with Crippen LogP contribution in [0.15, 0.2) is 78.9 Å². The molecule has 0 aliphatic rings. The first-order chi connectivity index (χ1) is 16.1. The molecule has 0 radical (unpaired) electrons. The number of halogens is 4. The predicted molar refractivity (Wildman–Crippen MR) is 129 cm³/mol. The van der Waals surface area contributed by atoms with Crippen molar-refractivity contribution in [2.45, 2.75) is 13.1 Å². The Kier molecular flexibility index (Phi) is 7.63. The molecule has 0 aliphatic carbocycles. The highest BCUT2D eigenvalue weighted by Crippen LogP contribution is 2.29. The van der Waals surface area contributed by atoms with Crippen molar-refractivity contribution >= 4 is 40.3 Å². The Bertz CT molecular complexity index is 1220. The van der Waals surface area contributed by atoms with E-state index in [1.165, 1.54) is 35.2 Å². The molecule has 1 amide bonds. The van der Waals surface area contributed by atoms with Crippen LogP contribution in [0, 0.1) is 5.41 Å². The van der Waals surface area contributed by atoms with Crippen molar-refractivity contribution < 1.29 is 23.1 Å². The Hall–Kier alpha value is -3.78. The molecule has 34 heavy (non-hydrogen) atoms. The molecule has 3 rings (SSSR count). The number of allylic oxidation sites excluding steroid dienone is 1. The number of carbonyl (C=O) groups excluding carboxylic acids is 1. The third-order valence-corrected chi connectivity index (χ3v) is 5.24. The molecule has 0 bridgehead atoms. The number of benzene rings is 3. The highest BCUT2D eigenvalue weighted by atomic mass is 35.5. The monoisotopic (exact) mass is 487 g/mol. The van der Waals surface area contributed by atoms with E-state index < -0.39 is 11.9 Å². The molecular formula is C25H21ClF3N3O2. The number of aromatic hydroxyl groups is 1. The summed E-state index contributed by atoms with van der Waals surface area (Å²) in [7, 11) is 0. The Labute approximate surface area is 199 Å². The average molecular weight is 488 g/mol. The van der Waals surface area contributed by atoms with E-state index in [1.807, 2.05) is 0 Å². The van der Waals surface area contributed by atoms with Gasteiger partial charge in [0.15, 0.2) is 0 Å². The van der Waals surface area contributed by atoms with Gasteiger partial charge in [-0.25, -0.2) is 0 Å². The van der Waals surface area contributed by atoms with Crippen LogP contribution in [-0.2, 0) is 0 Å². The van der Waals surface area contributed by atoms with Crippen molar-refractivity contribution in [2.24, 2.45) is 0 Å². The number of carbonyl (C=O) groups is 1. The van der Waals surface area contributed by atoms with E-state index in [9.17, 15) is 23.1 Å². The molecule has 3 N–H and O–H groups in total. The summed E-state index contributed by atoms with van der Waals surface area (Å²) in [5.41, 5.74) is -0.254. The van der Waals surface area contributed by atoms with Crippen LogP contribution in [0.25, 0.3) is 5.70 Å². The maximum Gasteiger partial charge on any atom is 0.432 e. The number of para-hydroxylation sites is 3. The van der Waals surface area contributed by atoms with Crippen LogP contribution in [0.4, 0.5) is 24.5 Å². The van der Waals surface area contributed by atoms with Gasteiger partial charge in [-0.3, -0.25) is 10.2 Å². The van der Waals surface area contributed by atoms with E-state index in [-0.39, 0.29) is 22.9 Å². The van der Waals surface area contributed by atoms with Gasteiger partial charge in [-0.2, -0.15) is 13.2 Å². The summed E-state index contributed by atoms with van der Waals surface area (Å²) in [6.45, 7) is 2.05. The number of rotatable bonds is 7. The maximum atomic E-state index is 13.0. The molecule has 5 nitrogen and oxygen atoms in total. The van der Waals surface area contributed by atoms with Gasteiger partial charge in [0, 0.05) is 17.8 Å². The summed E-state index contributed by atoms with van der Waals surface area (Å²) in [5, 5.41) is 20.6. The van der Waals surface area contributed by atoms with E-state index in [2.05, 4.69) is 5.32 Å². The first kappa shape index (κ1) is 24.9. The fourth-order valence-corrected chi connectivity index (χ4v) is 3.37. The van der Waals surface area contributed by atoms with E-state index in [0.29, 0.717) is 34.6 Å². The number of phenols is 1. The summed E-state index contributed by atoms with van der Waals surface area (Å²) >= 11 is 6.13. The standard InChI is InChI=1S/C25H21ClF3N3O2/c1-2-32(21-9-5-6-10-22(21)33)24(34)17-13-11-16(12-14-17)20(15-23(30)25(27,28)29)31-19-8-4-3-7-18(19)26/h3-15,30-31,33H,2H2,1H3/b20-15-,30-23?. The molecule has 176 valence electrons. The summed E-state index contributed by atoms with van der Waals surface area (Å²) in [6, 6.07) is 18.8. The lowest BCUT2D eigenvalue weighted by Crippen LogP contribution is -2.30. The molecule has 0 saturated carbocycles. The minimum atomic E-state index is -4.83. The van der Waals surface area contributed by atoms with Crippen LogP contribution < -0.4 is 10.2 Å². The first-order valence-electron chi connectivity index (χ1n) is 10.2. The normalized spacial score (nSPS) is 11.7. The summed E-state index contributed by atoms with van der Waals surface area (Å²) in [5.74, 6) is -0.433. The van der Waals surface area contributed by atoms with Gasteiger partial charge in [-0.1, -0.05) is 48.0 Å². The maximum absolute atomic E-state index is 13.0. The second kappa shape index (κ2) is 10.4. The second-order valence-corrected chi connectivity index (χ2v) is 7.60. The van der Waals surface area contributed by atoms with Gasteiger partial charge in [0.2, 0.25) is 0 Å². The highest BCUT2D eigenvalue weighted by molar-refractivity contribution is 6.33. The number of anilines is 2. The van der Waals surface area contributed by atoms with Gasteiger partial charge in [0.05, 0.1) is 16.4 Å². The van der Waals surface area contributed by atoms with Crippen LogP contribution >= 0.6 is 11.6 Å². The Morgan fingerprint density at radius 3 is 2.21 bits per heavy atom. The van der Waals surface area contributed by atoms with Gasteiger partial charge < -0.3 is 15.3 Å². The Morgan fingerprint density at radius 1 is 1.03 bits per heavy atom. The van der Waals surface area contributed by atoms with Crippen molar-refractivity contribution in [1.29, 1.82) is 5.41 Å². The molecule has 0 aliphatic heterocycles. The van der Waals surface area contributed by atoms with Crippen LogP contribution in [-0.4, -0.2) is 29.4 Å². The summed E-state index contributed by atoms with van der Waals surface area (Å²) in [6.07, 6.45) is -4.16. The fourth-order valence-electron chi connectivity index (χ4n) is 3.19. The zero-order valence-corrected chi connectivity index (χ0v) is 18.8. The molecule has 3 aromatic carbocycles. The molecule has 0 atom stereocenters. The lowest BCUT2D eigenvalue weighted by atomic mass is 10.1. The minimum absolute atomic E-state index is 0.0116. The lowest BCUT2D eigenvalue weighted by Gasteiger charge is -2.22. The Balaban J connectivity index is 1.95. The number of hydrogen-bond donors (Lipinski definition) is 3.